The molecule has 1 atom stereocenters. The average Bonchev–Trinajstić information content (AvgIpc) is 2.94. The van der Waals surface area contributed by atoms with E-state index < -0.39 is 0 Å². The first-order valence-electron chi connectivity index (χ1n) is 6.77. The van der Waals surface area contributed by atoms with Crippen molar-refractivity contribution < 1.29 is 9.34 Å². The second-order valence-electron chi connectivity index (χ2n) is 4.89. The minimum absolute atomic E-state index is 0.00174. The fraction of sp³-hybridized carbons (Fsp3) is 0.429. The number of nitro benzene ring substituents is 1. The molecule has 2 rings (SSSR count). The van der Waals surface area contributed by atoms with E-state index in [0.717, 1.165) is 5.56 Å². The Bertz CT molecular complexity index is 626. The van der Waals surface area contributed by atoms with Gasteiger partial charge in [0, 0.05) is 24.6 Å². The maximum absolute atomic E-state index is 10.8. The standard InChI is InChI=1S/C14H18N4O3/c1-4-13-15-16-14(21-13)9-17(3)10(2)11-6-5-7-12(8-11)18(19)20/h5-8,10H,4,9H2,1-3H3/t10-/m0/s1. The average molecular weight is 290 g/mol. The molecule has 2 aromatic rings. The number of hydrogen-bond acceptors (Lipinski definition) is 6. The summed E-state index contributed by atoms with van der Waals surface area (Å²) in [6.07, 6.45) is 0.706. The molecular formula is C14H18N4O3. The minimum atomic E-state index is -0.387. The summed E-state index contributed by atoms with van der Waals surface area (Å²) in [6.45, 7) is 4.43. The van der Waals surface area contributed by atoms with E-state index in [0.29, 0.717) is 24.7 Å². The van der Waals surface area contributed by atoms with E-state index in [1.807, 2.05) is 31.9 Å². The third kappa shape index (κ3) is 3.63. The van der Waals surface area contributed by atoms with Gasteiger partial charge in [0.15, 0.2) is 0 Å². The first-order valence-corrected chi connectivity index (χ1v) is 6.77. The SMILES string of the molecule is CCc1nnc(CN(C)[C@@H](C)c2cccc([N+](=O)[O-])c2)o1. The molecule has 1 aromatic heterocycles. The van der Waals surface area contributed by atoms with E-state index in [9.17, 15) is 10.1 Å². The van der Waals surface area contributed by atoms with E-state index in [1.165, 1.54) is 6.07 Å². The van der Waals surface area contributed by atoms with Crippen LogP contribution >= 0.6 is 0 Å². The van der Waals surface area contributed by atoms with Gasteiger partial charge in [0.25, 0.3) is 5.69 Å². The van der Waals surface area contributed by atoms with E-state index in [2.05, 4.69) is 10.2 Å². The predicted molar refractivity (Wildman–Crippen MR) is 76.7 cm³/mol. The molecule has 0 amide bonds. The molecule has 0 saturated carbocycles. The highest BCUT2D eigenvalue weighted by Gasteiger charge is 2.17. The van der Waals surface area contributed by atoms with Gasteiger partial charge in [0.2, 0.25) is 11.8 Å². The number of non-ortho nitro benzene ring substituents is 1. The minimum Gasteiger partial charge on any atom is -0.424 e. The van der Waals surface area contributed by atoms with Crippen LogP contribution in [-0.4, -0.2) is 27.1 Å². The first kappa shape index (κ1) is 15.1. The fourth-order valence-electron chi connectivity index (χ4n) is 2.00. The Hall–Kier alpha value is -2.28. The zero-order chi connectivity index (χ0) is 15.4. The second-order valence-corrected chi connectivity index (χ2v) is 4.89. The summed E-state index contributed by atoms with van der Waals surface area (Å²) in [5, 5.41) is 18.7. The van der Waals surface area contributed by atoms with Crippen molar-refractivity contribution in [2.24, 2.45) is 0 Å². The first-order chi connectivity index (χ1) is 10.0. The molecule has 0 bridgehead atoms. The highest BCUT2D eigenvalue weighted by Crippen LogP contribution is 2.24. The van der Waals surface area contributed by atoms with Crippen molar-refractivity contribution in [2.75, 3.05) is 7.05 Å². The zero-order valence-corrected chi connectivity index (χ0v) is 12.3. The van der Waals surface area contributed by atoms with Gasteiger partial charge in [-0.25, -0.2) is 0 Å². The summed E-state index contributed by atoms with van der Waals surface area (Å²) in [5.41, 5.74) is 0.973. The van der Waals surface area contributed by atoms with Gasteiger partial charge in [-0.15, -0.1) is 10.2 Å². The zero-order valence-electron chi connectivity index (χ0n) is 12.3. The van der Waals surface area contributed by atoms with Crippen LogP contribution in [0.15, 0.2) is 28.7 Å². The summed E-state index contributed by atoms with van der Waals surface area (Å²) in [5.74, 6) is 1.16. The molecule has 0 aliphatic heterocycles. The summed E-state index contributed by atoms with van der Waals surface area (Å²) < 4.78 is 5.48. The van der Waals surface area contributed by atoms with Gasteiger partial charge < -0.3 is 4.42 Å². The summed E-state index contributed by atoms with van der Waals surface area (Å²) in [4.78, 5) is 12.4. The van der Waals surface area contributed by atoms with Crippen LogP contribution < -0.4 is 0 Å². The number of benzene rings is 1. The molecular weight excluding hydrogens is 272 g/mol. The summed E-state index contributed by atoms with van der Waals surface area (Å²) >= 11 is 0. The Morgan fingerprint density at radius 3 is 2.71 bits per heavy atom. The van der Waals surface area contributed by atoms with E-state index in [-0.39, 0.29) is 16.7 Å². The van der Waals surface area contributed by atoms with Crippen molar-refractivity contribution in [3.8, 4) is 0 Å². The lowest BCUT2D eigenvalue weighted by Gasteiger charge is -2.23. The van der Waals surface area contributed by atoms with Crippen molar-refractivity contribution in [3.63, 3.8) is 0 Å². The Morgan fingerprint density at radius 2 is 2.10 bits per heavy atom. The molecule has 0 aliphatic carbocycles. The van der Waals surface area contributed by atoms with Gasteiger partial charge in [-0.1, -0.05) is 19.1 Å². The number of aryl methyl sites for hydroxylation is 1. The van der Waals surface area contributed by atoms with Gasteiger partial charge in [0.05, 0.1) is 11.5 Å². The molecule has 112 valence electrons. The van der Waals surface area contributed by atoms with Gasteiger partial charge in [-0.3, -0.25) is 15.0 Å². The van der Waals surface area contributed by atoms with Crippen LogP contribution in [0.1, 0.15) is 37.2 Å². The van der Waals surface area contributed by atoms with Crippen LogP contribution in [0.5, 0.6) is 0 Å². The molecule has 0 radical (unpaired) electrons. The molecule has 1 aromatic carbocycles. The molecule has 7 heteroatoms. The van der Waals surface area contributed by atoms with E-state index >= 15 is 0 Å². The lowest BCUT2D eigenvalue weighted by atomic mass is 10.1. The van der Waals surface area contributed by atoms with E-state index in [1.54, 1.807) is 12.1 Å². The Kier molecular flexibility index (Phi) is 4.64. The van der Waals surface area contributed by atoms with E-state index in [4.69, 9.17) is 4.42 Å². The fourth-order valence-corrected chi connectivity index (χ4v) is 2.00. The predicted octanol–water partition coefficient (Wildman–Crippen LogP) is 2.73. The molecule has 0 N–H and O–H groups in total. The van der Waals surface area contributed by atoms with Crippen molar-refractivity contribution in [3.05, 3.63) is 51.7 Å². The maximum atomic E-state index is 10.8. The summed E-state index contributed by atoms with van der Waals surface area (Å²) in [6, 6.07) is 6.65. The second kappa shape index (κ2) is 6.45. The number of hydrogen-bond donors (Lipinski definition) is 0. The van der Waals surface area contributed by atoms with Crippen molar-refractivity contribution in [1.29, 1.82) is 0 Å². The number of rotatable bonds is 6. The Morgan fingerprint density at radius 1 is 1.38 bits per heavy atom. The Labute approximate surface area is 122 Å². The number of aromatic nitrogens is 2. The van der Waals surface area contributed by atoms with Crippen LogP contribution in [0.3, 0.4) is 0 Å². The molecule has 0 spiro atoms. The monoisotopic (exact) mass is 290 g/mol. The van der Waals surface area contributed by atoms with Crippen LogP contribution in [-0.2, 0) is 13.0 Å². The molecule has 0 saturated heterocycles. The quantitative estimate of drug-likeness (QED) is 0.600. The van der Waals surface area contributed by atoms with Crippen LogP contribution in [0.4, 0.5) is 5.69 Å². The highest BCUT2D eigenvalue weighted by molar-refractivity contribution is 5.35. The molecule has 0 unspecified atom stereocenters. The highest BCUT2D eigenvalue weighted by atomic mass is 16.6. The molecule has 1 heterocycles. The van der Waals surface area contributed by atoms with Gasteiger partial charge >= 0.3 is 0 Å². The van der Waals surface area contributed by atoms with Crippen molar-refractivity contribution in [1.82, 2.24) is 15.1 Å². The molecule has 21 heavy (non-hydrogen) atoms. The van der Waals surface area contributed by atoms with Gasteiger partial charge in [-0.2, -0.15) is 0 Å². The van der Waals surface area contributed by atoms with Crippen molar-refractivity contribution in [2.45, 2.75) is 32.9 Å². The lowest BCUT2D eigenvalue weighted by molar-refractivity contribution is -0.384. The Balaban J connectivity index is 2.09. The number of nitro groups is 1. The lowest BCUT2D eigenvalue weighted by Crippen LogP contribution is -2.22. The molecule has 7 nitrogen and oxygen atoms in total. The van der Waals surface area contributed by atoms with Crippen LogP contribution in [0.25, 0.3) is 0 Å². The maximum Gasteiger partial charge on any atom is 0.269 e. The third-order valence-electron chi connectivity index (χ3n) is 3.42. The van der Waals surface area contributed by atoms with Crippen LogP contribution in [0.2, 0.25) is 0 Å². The topological polar surface area (TPSA) is 85.3 Å². The van der Waals surface area contributed by atoms with Gasteiger partial charge in [-0.05, 0) is 19.5 Å². The van der Waals surface area contributed by atoms with Gasteiger partial charge in [0.1, 0.15) is 0 Å². The van der Waals surface area contributed by atoms with Crippen molar-refractivity contribution >= 4 is 5.69 Å². The third-order valence-corrected chi connectivity index (χ3v) is 3.42. The summed E-state index contributed by atoms with van der Waals surface area (Å²) in [7, 11) is 1.92. The molecule has 0 aliphatic rings. The smallest absolute Gasteiger partial charge is 0.269 e. The number of nitrogens with zero attached hydrogens (tertiary/aromatic N) is 4. The molecule has 0 fully saturated rings. The largest absolute Gasteiger partial charge is 0.424 e. The van der Waals surface area contributed by atoms with Crippen LogP contribution in [0, 0.1) is 10.1 Å². The normalized spacial score (nSPS) is 12.6.